The Labute approximate surface area is 117 Å². The van der Waals surface area contributed by atoms with Crippen molar-refractivity contribution in [3.8, 4) is 0 Å². The fraction of sp³-hybridized carbons (Fsp3) is 0.455. The highest BCUT2D eigenvalue weighted by Crippen LogP contribution is 2.10. The summed E-state index contributed by atoms with van der Waals surface area (Å²) in [5.41, 5.74) is 1.88. The molecule has 0 fully saturated rings. The molecule has 2 rings (SSSR count). The number of hydrogen-bond acceptors (Lipinski definition) is 4. The molecule has 2 atom stereocenters. The largest absolute Gasteiger partial charge is 0.310 e. The van der Waals surface area contributed by atoms with Gasteiger partial charge in [-0.1, -0.05) is 0 Å². The molecule has 0 spiro atoms. The Bertz CT molecular complexity index is 571. The lowest BCUT2D eigenvalue weighted by atomic mass is 10.4. The van der Waals surface area contributed by atoms with E-state index in [1.54, 1.807) is 12.5 Å². The fourth-order valence-corrected chi connectivity index (χ4v) is 2.23. The van der Waals surface area contributed by atoms with Gasteiger partial charge >= 0.3 is 0 Å². The predicted molar refractivity (Wildman–Crippen MR) is 75.9 cm³/mol. The summed E-state index contributed by atoms with van der Waals surface area (Å²) < 4.78 is 14.0. The van der Waals surface area contributed by atoms with Crippen LogP contribution in [0.15, 0.2) is 23.2 Å². The standard InChI is InChI=1S/C11H15BrN4OS/c1-8(18(2)17)3-13-4-9-5-15-11-6-14-10(12)7-16(9)11/h5-8,13H,3-4H2,1-2H3. The van der Waals surface area contributed by atoms with E-state index >= 15 is 0 Å². The van der Waals surface area contributed by atoms with E-state index in [-0.39, 0.29) is 5.25 Å². The van der Waals surface area contributed by atoms with Crippen molar-refractivity contribution < 1.29 is 4.21 Å². The molecule has 0 radical (unpaired) electrons. The number of fused-ring (bicyclic) bond motifs is 1. The van der Waals surface area contributed by atoms with Crippen LogP contribution in [0, 0.1) is 0 Å². The molecule has 2 heterocycles. The van der Waals surface area contributed by atoms with Crippen LogP contribution in [0.25, 0.3) is 5.65 Å². The molecular weight excluding hydrogens is 316 g/mol. The van der Waals surface area contributed by atoms with Crippen molar-refractivity contribution in [3.63, 3.8) is 0 Å². The van der Waals surface area contributed by atoms with Crippen LogP contribution < -0.4 is 5.32 Å². The number of aromatic nitrogens is 3. The van der Waals surface area contributed by atoms with Crippen molar-refractivity contribution in [1.82, 2.24) is 19.7 Å². The molecule has 7 heteroatoms. The first-order chi connectivity index (χ1) is 8.58. The summed E-state index contributed by atoms with van der Waals surface area (Å²) >= 11 is 3.34. The van der Waals surface area contributed by atoms with Gasteiger partial charge in [0.15, 0.2) is 5.65 Å². The number of hydrogen-bond donors (Lipinski definition) is 1. The number of rotatable bonds is 5. The Morgan fingerprint density at radius 1 is 1.50 bits per heavy atom. The Balaban J connectivity index is 2.04. The molecule has 18 heavy (non-hydrogen) atoms. The zero-order valence-corrected chi connectivity index (χ0v) is 12.7. The molecular formula is C11H15BrN4OS. The third kappa shape index (κ3) is 3.15. The smallest absolute Gasteiger partial charge is 0.155 e. The minimum absolute atomic E-state index is 0.151. The molecule has 0 saturated carbocycles. The highest BCUT2D eigenvalue weighted by atomic mass is 79.9. The maximum Gasteiger partial charge on any atom is 0.155 e. The van der Waals surface area contributed by atoms with Gasteiger partial charge in [-0.3, -0.25) is 8.61 Å². The molecule has 0 bridgehead atoms. The molecule has 0 aliphatic rings. The molecule has 2 aromatic rings. The minimum Gasteiger partial charge on any atom is -0.310 e. The number of nitrogens with one attached hydrogen (secondary N) is 1. The maximum absolute atomic E-state index is 11.2. The van der Waals surface area contributed by atoms with E-state index in [9.17, 15) is 4.21 Å². The van der Waals surface area contributed by atoms with Crippen LogP contribution in [-0.4, -0.2) is 36.6 Å². The zero-order chi connectivity index (χ0) is 13.1. The molecule has 0 saturated heterocycles. The molecule has 2 unspecified atom stereocenters. The maximum atomic E-state index is 11.2. The SMILES string of the molecule is CC(CNCc1cnc2cnc(Br)cn12)S(C)=O. The van der Waals surface area contributed by atoms with Crippen LogP contribution in [-0.2, 0) is 17.3 Å². The first-order valence-electron chi connectivity index (χ1n) is 5.58. The van der Waals surface area contributed by atoms with Gasteiger partial charge in [-0.15, -0.1) is 0 Å². The quantitative estimate of drug-likeness (QED) is 0.899. The molecule has 5 nitrogen and oxygen atoms in total. The molecule has 0 amide bonds. The van der Waals surface area contributed by atoms with Gasteiger partial charge in [0.1, 0.15) is 4.60 Å². The number of nitrogens with zero attached hydrogens (tertiary/aromatic N) is 3. The third-order valence-electron chi connectivity index (χ3n) is 2.75. The second kappa shape index (κ2) is 5.90. The molecule has 98 valence electrons. The summed E-state index contributed by atoms with van der Waals surface area (Å²) in [6, 6.07) is 0. The van der Waals surface area contributed by atoms with E-state index in [1.807, 2.05) is 23.7 Å². The Morgan fingerprint density at radius 2 is 2.28 bits per heavy atom. The predicted octanol–water partition coefficient (Wildman–Crippen LogP) is 1.35. The van der Waals surface area contributed by atoms with E-state index in [2.05, 4.69) is 31.2 Å². The Morgan fingerprint density at radius 3 is 3.00 bits per heavy atom. The van der Waals surface area contributed by atoms with Gasteiger partial charge in [0, 0.05) is 41.6 Å². The van der Waals surface area contributed by atoms with Crippen LogP contribution in [0.4, 0.5) is 0 Å². The summed E-state index contributed by atoms with van der Waals surface area (Å²) in [6.07, 6.45) is 7.16. The summed E-state index contributed by atoms with van der Waals surface area (Å²) in [6.45, 7) is 3.39. The van der Waals surface area contributed by atoms with Crippen molar-refractivity contribution in [3.05, 3.63) is 28.9 Å². The summed E-state index contributed by atoms with van der Waals surface area (Å²) in [5, 5.41) is 3.44. The number of imidazole rings is 1. The average Bonchev–Trinajstić information content (AvgIpc) is 2.71. The molecule has 2 aromatic heterocycles. The third-order valence-corrected chi connectivity index (χ3v) is 4.46. The van der Waals surface area contributed by atoms with Crippen molar-refractivity contribution >= 4 is 32.4 Å². The molecule has 1 N–H and O–H groups in total. The van der Waals surface area contributed by atoms with Crippen LogP contribution in [0.2, 0.25) is 0 Å². The highest BCUT2D eigenvalue weighted by Gasteiger charge is 2.07. The van der Waals surface area contributed by atoms with Crippen molar-refractivity contribution in [2.24, 2.45) is 0 Å². The van der Waals surface area contributed by atoms with E-state index < -0.39 is 10.8 Å². The van der Waals surface area contributed by atoms with Gasteiger partial charge < -0.3 is 5.32 Å². The Hall–Kier alpha value is -0.790. The lowest BCUT2D eigenvalue weighted by Gasteiger charge is -2.09. The van der Waals surface area contributed by atoms with E-state index in [1.165, 1.54) is 0 Å². The van der Waals surface area contributed by atoms with Gasteiger partial charge in [-0.05, 0) is 22.9 Å². The molecule has 0 aromatic carbocycles. The minimum atomic E-state index is -0.792. The fourth-order valence-electron chi connectivity index (χ4n) is 1.57. The van der Waals surface area contributed by atoms with Crippen LogP contribution in [0.1, 0.15) is 12.6 Å². The molecule has 0 aliphatic heterocycles. The first kappa shape index (κ1) is 13.6. The summed E-state index contributed by atoms with van der Waals surface area (Å²) in [7, 11) is -0.792. The van der Waals surface area contributed by atoms with E-state index in [0.717, 1.165) is 22.5 Å². The van der Waals surface area contributed by atoms with E-state index in [0.29, 0.717) is 6.54 Å². The highest BCUT2D eigenvalue weighted by molar-refractivity contribution is 9.10. The van der Waals surface area contributed by atoms with Gasteiger partial charge in [-0.2, -0.15) is 0 Å². The van der Waals surface area contributed by atoms with Crippen molar-refractivity contribution in [2.45, 2.75) is 18.7 Å². The van der Waals surface area contributed by atoms with Crippen LogP contribution >= 0.6 is 15.9 Å². The second-order valence-corrected chi connectivity index (χ2v) is 6.74. The van der Waals surface area contributed by atoms with Gasteiger partial charge in [-0.25, -0.2) is 9.97 Å². The van der Waals surface area contributed by atoms with Gasteiger partial charge in [0.2, 0.25) is 0 Å². The van der Waals surface area contributed by atoms with Crippen LogP contribution in [0.5, 0.6) is 0 Å². The second-order valence-electron chi connectivity index (χ2n) is 4.13. The van der Waals surface area contributed by atoms with Crippen LogP contribution in [0.3, 0.4) is 0 Å². The number of halogens is 1. The van der Waals surface area contributed by atoms with Crippen molar-refractivity contribution in [1.29, 1.82) is 0 Å². The molecule has 0 aliphatic carbocycles. The topological polar surface area (TPSA) is 59.3 Å². The lowest BCUT2D eigenvalue weighted by Crippen LogP contribution is -2.27. The summed E-state index contributed by atoms with van der Waals surface area (Å²) in [5.74, 6) is 0. The van der Waals surface area contributed by atoms with Gasteiger partial charge in [0.25, 0.3) is 0 Å². The summed E-state index contributed by atoms with van der Waals surface area (Å²) in [4.78, 5) is 8.40. The average molecular weight is 331 g/mol. The lowest BCUT2D eigenvalue weighted by molar-refractivity contribution is 0.640. The first-order valence-corrected chi connectivity index (χ1v) is 8.00. The Kier molecular flexibility index (Phi) is 4.47. The normalized spacial score (nSPS) is 14.8. The monoisotopic (exact) mass is 330 g/mol. The van der Waals surface area contributed by atoms with Gasteiger partial charge in [0.05, 0.1) is 18.1 Å². The van der Waals surface area contributed by atoms with Crippen molar-refractivity contribution in [2.75, 3.05) is 12.8 Å². The van der Waals surface area contributed by atoms with E-state index in [4.69, 9.17) is 0 Å². The zero-order valence-electron chi connectivity index (χ0n) is 10.3.